The minimum absolute atomic E-state index is 0.0405. The van der Waals surface area contributed by atoms with Gasteiger partial charge >= 0.3 is 0 Å². The van der Waals surface area contributed by atoms with Gasteiger partial charge in [0.05, 0.1) is 0 Å². The molecule has 0 amide bonds. The third-order valence-corrected chi connectivity index (χ3v) is 2.95. The van der Waals surface area contributed by atoms with E-state index in [2.05, 4.69) is 11.9 Å². The van der Waals surface area contributed by atoms with Gasteiger partial charge < -0.3 is 15.2 Å². The first-order valence-electron chi connectivity index (χ1n) is 5.29. The zero-order valence-corrected chi connectivity index (χ0v) is 9.02. The van der Waals surface area contributed by atoms with E-state index in [0.717, 1.165) is 26.1 Å². The number of likely N-dealkylation sites (tertiary alicyclic amines) is 1. The Labute approximate surface area is 89.3 Å². The van der Waals surface area contributed by atoms with Crippen molar-refractivity contribution in [1.82, 2.24) is 9.47 Å². The van der Waals surface area contributed by atoms with Gasteiger partial charge in [-0.15, -0.1) is 0 Å². The molecule has 0 saturated carbocycles. The normalized spacial score (nSPS) is 22.1. The van der Waals surface area contributed by atoms with Gasteiger partial charge in [-0.3, -0.25) is 4.79 Å². The maximum atomic E-state index is 11.5. The summed E-state index contributed by atoms with van der Waals surface area (Å²) < 4.78 is 1.72. The lowest BCUT2D eigenvalue weighted by molar-refractivity contribution is 0.376. The van der Waals surface area contributed by atoms with E-state index in [1.54, 1.807) is 16.8 Å². The van der Waals surface area contributed by atoms with Crippen molar-refractivity contribution in [3.63, 3.8) is 0 Å². The average Bonchev–Trinajstić information content (AvgIpc) is 2.58. The summed E-state index contributed by atoms with van der Waals surface area (Å²) >= 11 is 0. The Morgan fingerprint density at radius 2 is 2.33 bits per heavy atom. The number of nitrogens with two attached hydrogens (primary N) is 1. The molecule has 1 aliphatic heterocycles. The van der Waals surface area contributed by atoms with Crippen LogP contribution in [0.4, 0.5) is 5.69 Å². The van der Waals surface area contributed by atoms with Gasteiger partial charge in [0.25, 0.3) is 5.56 Å². The fourth-order valence-electron chi connectivity index (χ4n) is 2.15. The lowest BCUT2D eigenvalue weighted by atomic mass is 10.1. The molecule has 2 N–H and O–H groups in total. The van der Waals surface area contributed by atoms with Gasteiger partial charge in [0.1, 0.15) is 0 Å². The van der Waals surface area contributed by atoms with E-state index in [9.17, 15) is 4.79 Å². The fourth-order valence-corrected chi connectivity index (χ4v) is 2.15. The van der Waals surface area contributed by atoms with Crippen molar-refractivity contribution in [1.29, 1.82) is 0 Å². The molecule has 0 aliphatic carbocycles. The van der Waals surface area contributed by atoms with Crippen molar-refractivity contribution in [2.24, 2.45) is 5.92 Å². The van der Waals surface area contributed by atoms with Crippen LogP contribution in [0.25, 0.3) is 0 Å². The molecule has 2 heterocycles. The topological polar surface area (TPSA) is 51.3 Å². The molecule has 4 nitrogen and oxygen atoms in total. The summed E-state index contributed by atoms with van der Waals surface area (Å²) in [5.41, 5.74) is 6.35. The maximum Gasteiger partial charge on any atom is 0.250 e. The molecule has 0 spiro atoms. The van der Waals surface area contributed by atoms with E-state index in [-0.39, 0.29) is 5.56 Å². The zero-order valence-electron chi connectivity index (χ0n) is 9.02. The molecule has 1 atom stereocenters. The lowest BCUT2D eigenvalue weighted by Crippen LogP contribution is -2.24. The van der Waals surface area contributed by atoms with Crippen LogP contribution in [0.2, 0.25) is 0 Å². The molecule has 82 valence electrons. The molecule has 2 rings (SSSR count). The summed E-state index contributed by atoms with van der Waals surface area (Å²) in [6.45, 7) is 2.98. The largest absolute Gasteiger partial charge is 0.398 e. The molecular weight excluding hydrogens is 190 g/mol. The number of hydrogen-bond donors (Lipinski definition) is 1. The van der Waals surface area contributed by atoms with Crippen molar-refractivity contribution in [3.05, 3.63) is 28.7 Å². The maximum absolute atomic E-state index is 11.5. The van der Waals surface area contributed by atoms with Crippen molar-refractivity contribution in [2.75, 3.05) is 25.9 Å². The Bertz CT molecular complexity index is 399. The van der Waals surface area contributed by atoms with E-state index in [0.29, 0.717) is 11.6 Å². The number of nitrogen functional groups attached to an aromatic ring is 1. The van der Waals surface area contributed by atoms with Crippen LogP contribution in [0.5, 0.6) is 0 Å². The molecule has 1 unspecified atom stereocenters. The van der Waals surface area contributed by atoms with Gasteiger partial charge in [-0.25, -0.2) is 0 Å². The van der Waals surface area contributed by atoms with Gasteiger partial charge in [0.15, 0.2) is 0 Å². The second-order valence-electron chi connectivity index (χ2n) is 4.37. The minimum atomic E-state index is 0.0405. The number of aromatic nitrogens is 1. The number of rotatable bonds is 2. The third kappa shape index (κ3) is 2.39. The minimum Gasteiger partial charge on any atom is -0.398 e. The van der Waals surface area contributed by atoms with Gasteiger partial charge in [-0.2, -0.15) is 0 Å². The molecule has 1 aromatic rings. The van der Waals surface area contributed by atoms with E-state index < -0.39 is 0 Å². The highest BCUT2D eigenvalue weighted by atomic mass is 16.1. The second-order valence-corrected chi connectivity index (χ2v) is 4.37. The molecule has 0 aromatic carbocycles. The molecule has 1 aromatic heterocycles. The molecule has 4 heteroatoms. The molecule has 1 saturated heterocycles. The Hall–Kier alpha value is -1.29. The van der Waals surface area contributed by atoms with Crippen LogP contribution in [0.1, 0.15) is 6.42 Å². The second kappa shape index (κ2) is 4.06. The number of hydrogen-bond acceptors (Lipinski definition) is 3. The van der Waals surface area contributed by atoms with Crippen LogP contribution < -0.4 is 11.3 Å². The summed E-state index contributed by atoms with van der Waals surface area (Å²) in [7, 11) is 2.11. The number of nitrogens with zero attached hydrogens (tertiary/aromatic N) is 2. The lowest BCUT2D eigenvalue weighted by Gasteiger charge is -2.12. The van der Waals surface area contributed by atoms with Crippen LogP contribution in [-0.2, 0) is 6.54 Å². The smallest absolute Gasteiger partial charge is 0.250 e. The SMILES string of the molecule is CN1CCC(Cn2cc(N)ccc2=O)C1. The van der Waals surface area contributed by atoms with Crippen molar-refractivity contribution in [3.8, 4) is 0 Å². The summed E-state index contributed by atoms with van der Waals surface area (Å²) in [5.74, 6) is 0.578. The molecule has 15 heavy (non-hydrogen) atoms. The van der Waals surface area contributed by atoms with Crippen molar-refractivity contribution in [2.45, 2.75) is 13.0 Å². The fraction of sp³-hybridized carbons (Fsp3) is 0.545. The molecule has 1 fully saturated rings. The monoisotopic (exact) mass is 207 g/mol. The summed E-state index contributed by atoms with van der Waals surface area (Å²) in [6.07, 6.45) is 2.90. The van der Waals surface area contributed by atoms with Crippen LogP contribution in [0.3, 0.4) is 0 Å². The van der Waals surface area contributed by atoms with E-state index >= 15 is 0 Å². The zero-order chi connectivity index (χ0) is 10.8. The standard InChI is InChI=1S/C11H17N3O/c1-13-5-4-9(6-13)7-14-8-10(12)2-3-11(14)15/h2-3,8-9H,4-7,12H2,1H3. The first-order chi connectivity index (χ1) is 7.15. The predicted molar refractivity (Wildman–Crippen MR) is 60.7 cm³/mol. The van der Waals surface area contributed by atoms with Gasteiger partial charge in [-0.1, -0.05) is 0 Å². The predicted octanol–water partition coefficient (Wildman–Crippen LogP) is 0.382. The van der Waals surface area contributed by atoms with Gasteiger partial charge in [-0.05, 0) is 32.0 Å². The number of anilines is 1. The quantitative estimate of drug-likeness (QED) is 0.763. The van der Waals surface area contributed by atoms with Crippen LogP contribution in [0.15, 0.2) is 23.1 Å². The molecule has 1 aliphatic rings. The highest BCUT2D eigenvalue weighted by Crippen LogP contribution is 2.15. The molecule has 0 bridgehead atoms. The Morgan fingerprint density at radius 1 is 1.53 bits per heavy atom. The first kappa shape index (κ1) is 10.2. The van der Waals surface area contributed by atoms with Crippen molar-refractivity contribution >= 4 is 5.69 Å². The summed E-state index contributed by atoms with van der Waals surface area (Å²) in [4.78, 5) is 13.8. The first-order valence-corrected chi connectivity index (χ1v) is 5.29. The summed E-state index contributed by atoms with van der Waals surface area (Å²) in [6, 6.07) is 3.19. The van der Waals surface area contributed by atoms with Gasteiger partial charge in [0, 0.05) is 31.0 Å². The molecular formula is C11H17N3O. The molecule has 0 radical (unpaired) electrons. The van der Waals surface area contributed by atoms with E-state index in [1.165, 1.54) is 6.07 Å². The van der Waals surface area contributed by atoms with Crippen LogP contribution >= 0.6 is 0 Å². The Kier molecular flexibility index (Phi) is 2.77. The summed E-state index contributed by atoms with van der Waals surface area (Å²) in [5, 5.41) is 0. The van der Waals surface area contributed by atoms with Crippen LogP contribution in [0, 0.1) is 5.92 Å². The van der Waals surface area contributed by atoms with E-state index in [1.807, 2.05) is 0 Å². The highest BCUT2D eigenvalue weighted by Gasteiger charge is 2.19. The van der Waals surface area contributed by atoms with Gasteiger partial charge in [0.2, 0.25) is 0 Å². The Morgan fingerprint density at radius 3 is 3.00 bits per heavy atom. The van der Waals surface area contributed by atoms with E-state index in [4.69, 9.17) is 5.73 Å². The average molecular weight is 207 g/mol. The van der Waals surface area contributed by atoms with Crippen molar-refractivity contribution < 1.29 is 0 Å². The van der Waals surface area contributed by atoms with Crippen LogP contribution in [-0.4, -0.2) is 29.6 Å². The third-order valence-electron chi connectivity index (χ3n) is 2.95. The Balaban J connectivity index is 2.10. The highest BCUT2D eigenvalue weighted by molar-refractivity contribution is 5.33. The number of pyridine rings is 1.